The first-order chi connectivity index (χ1) is 16.0. The molecule has 2 aliphatic rings. The smallest absolute Gasteiger partial charge is 0.300 e. The predicted octanol–water partition coefficient (Wildman–Crippen LogP) is 4.17. The van der Waals surface area contributed by atoms with E-state index in [1.807, 2.05) is 72.8 Å². The number of carbonyl (C=O) groups excluding carboxylic acids is 1. The molecule has 0 aliphatic carbocycles. The van der Waals surface area contributed by atoms with Gasteiger partial charge >= 0.3 is 0 Å². The summed E-state index contributed by atoms with van der Waals surface area (Å²) in [6, 6.07) is 22.7. The maximum absolute atomic E-state index is 13.5. The molecule has 1 unspecified atom stereocenters. The highest BCUT2D eigenvalue weighted by atomic mass is 16.2. The summed E-state index contributed by atoms with van der Waals surface area (Å²) in [6.07, 6.45) is 0. The highest BCUT2D eigenvalue weighted by Crippen LogP contribution is 2.45. The molecule has 2 N–H and O–H groups in total. The van der Waals surface area contributed by atoms with Crippen molar-refractivity contribution in [2.24, 2.45) is 0 Å². The number of anilines is 2. The van der Waals surface area contributed by atoms with Crippen molar-refractivity contribution in [3.8, 4) is 22.6 Å². The van der Waals surface area contributed by atoms with Crippen LogP contribution in [-0.4, -0.2) is 20.7 Å². The molecule has 3 aromatic carbocycles. The summed E-state index contributed by atoms with van der Waals surface area (Å²) in [6.45, 7) is 4.23. The van der Waals surface area contributed by atoms with Gasteiger partial charge in [-0.25, -0.2) is 4.68 Å². The summed E-state index contributed by atoms with van der Waals surface area (Å²) < 4.78 is 1.56. The largest absolute Gasteiger partial charge is 0.349 e. The van der Waals surface area contributed by atoms with Crippen molar-refractivity contribution in [1.82, 2.24) is 14.8 Å². The average Bonchev–Trinajstić information content (AvgIpc) is 3.10. The fourth-order valence-corrected chi connectivity index (χ4v) is 4.61. The van der Waals surface area contributed by atoms with Crippen LogP contribution in [0.5, 0.6) is 0 Å². The van der Waals surface area contributed by atoms with Gasteiger partial charge in [-0.2, -0.15) is 10.1 Å². The number of nitrogens with one attached hydrogen (secondary N) is 2. The number of hydrogen-bond donors (Lipinski definition) is 2. The van der Waals surface area contributed by atoms with E-state index >= 15 is 0 Å². The molecular weight excluding hydrogens is 414 g/mol. The van der Waals surface area contributed by atoms with Crippen LogP contribution in [0.15, 0.2) is 77.6 Å². The van der Waals surface area contributed by atoms with Gasteiger partial charge < -0.3 is 10.6 Å². The molecule has 33 heavy (non-hydrogen) atoms. The number of fused-ring (bicyclic) bond motifs is 6. The molecule has 6 rings (SSSR count). The predicted molar refractivity (Wildman–Crippen MR) is 127 cm³/mol. The van der Waals surface area contributed by atoms with Crippen LogP contribution in [0.2, 0.25) is 0 Å². The van der Waals surface area contributed by atoms with E-state index in [1.54, 1.807) is 4.68 Å². The Morgan fingerprint density at radius 1 is 0.879 bits per heavy atom. The second-order valence-electron chi connectivity index (χ2n) is 8.66. The van der Waals surface area contributed by atoms with Gasteiger partial charge in [0.15, 0.2) is 11.5 Å². The van der Waals surface area contributed by atoms with Crippen molar-refractivity contribution in [3.63, 3.8) is 0 Å². The van der Waals surface area contributed by atoms with Gasteiger partial charge in [0.05, 0.1) is 0 Å². The molecule has 7 heteroatoms. The summed E-state index contributed by atoms with van der Waals surface area (Å²) in [4.78, 5) is 31.1. The first-order valence-corrected chi connectivity index (χ1v) is 10.9. The molecule has 1 spiro atoms. The second-order valence-corrected chi connectivity index (χ2v) is 8.66. The lowest BCUT2D eigenvalue weighted by Crippen LogP contribution is -2.53. The van der Waals surface area contributed by atoms with E-state index in [0.717, 1.165) is 5.56 Å². The molecule has 0 saturated carbocycles. The molecule has 7 nitrogen and oxygen atoms in total. The minimum Gasteiger partial charge on any atom is -0.349 e. The van der Waals surface area contributed by atoms with Gasteiger partial charge in [-0.05, 0) is 29.7 Å². The average molecular weight is 435 g/mol. The number of aromatic nitrogens is 3. The van der Waals surface area contributed by atoms with Crippen LogP contribution in [-0.2, 0) is 10.5 Å². The van der Waals surface area contributed by atoms with Gasteiger partial charge in [0.2, 0.25) is 5.66 Å². The molecule has 1 atom stereocenters. The number of amides is 1. The van der Waals surface area contributed by atoms with Gasteiger partial charge in [-0.3, -0.25) is 9.59 Å². The van der Waals surface area contributed by atoms with Crippen LogP contribution in [0.25, 0.3) is 22.6 Å². The van der Waals surface area contributed by atoms with E-state index in [-0.39, 0.29) is 11.6 Å². The lowest BCUT2D eigenvalue weighted by atomic mass is 9.96. The minimum absolute atomic E-state index is 0.201. The molecule has 1 amide bonds. The Bertz CT molecular complexity index is 1490. The van der Waals surface area contributed by atoms with E-state index in [2.05, 4.69) is 29.5 Å². The maximum Gasteiger partial charge on any atom is 0.300 e. The third-order valence-corrected chi connectivity index (χ3v) is 6.36. The Morgan fingerprint density at radius 2 is 1.58 bits per heavy atom. The van der Waals surface area contributed by atoms with Crippen LogP contribution >= 0.6 is 0 Å². The first kappa shape index (κ1) is 19.4. The molecule has 1 aromatic heterocycles. The van der Waals surface area contributed by atoms with Crippen LogP contribution in [0.4, 0.5) is 11.4 Å². The molecule has 0 radical (unpaired) electrons. The van der Waals surface area contributed by atoms with Gasteiger partial charge in [0.1, 0.15) is 0 Å². The van der Waals surface area contributed by atoms with Crippen LogP contribution < -0.4 is 16.2 Å². The monoisotopic (exact) mass is 435 g/mol. The number of hydrogen-bond acceptors (Lipinski definition) is 5. The molecule has 4 aromatic rings. The third kappa shape index (κ3) is 2.68. The lowest BCUT2D eigenvalue weighted by Gasteiger charge is -2.37. The molecule has 0 saturated heterocycles. The van der Waals surface area contributed by atoms with Gasteiger partial charge in [0, 0.05) is 28.1 Å². The highest BCUT2D eigenvalue weighted by molar-refractivity contribution is 6.09. The van der Waals surface area contributed by atoms with Gasteiger partial charge in [-0.1, -0.05) is 68.4 Å². The fraction of sp³-hybridized carbons (Fsp3) is 0.154. The van der Waals surface area contributed by atoms with Crippen molar-refractivity contribution in [3.05, 3.63) is 94.3 Å². The SMILES string of the molecule is CC(C)c1ccc(-c2nn3c(nc2=O)-c2ccccc2NC32C(=O)Nc3ccccc32)cc1. The van der Waals surface area contributed by atoms with E-state index < -0.39 is 11.2 Å². The number of para-hydroxylation sites is 2. The van der Waals surface area contributed by atoms with Crippen molar-refractivity contribution < 1.29 is 4.79 Å². The zero-order chi connectivity index (χ0) is 22.7. The molecule has 0 fully saturated rings. The summed E-state index contributed by atoms with van der Waals surface area (Å²) in [5, 5.41) is 11.1. The Morgan fingerprint density at radius 3 is 2.33 bits per heavy atom. The normalized spacial score (nSPS) is 17.8. The van der Waals surface area contributed by atoms with E-state index in [4.69, 9.17) is 5.10 Å². The number of benzene rings is 3. The summed E-state index contributed by atoms with van der Waals surface area (Å²) in [5.74, 6) is 0.444. The lowest BCUT2D eigenvalue weighted by molar-refractivity contribution is -0.121. The summed E-state index contributed by atoms with van der Waals surface area (Å²) in [5.41, 5.74) is 3.10. The van der Waals surface area contributed by atoms with Gasteiger partial charge in [-0.15, -0.1) is 0 Å². The van der Waals surface area contributed by atoms with Crippen molar-refractivity contribution in [2.45, 2.75) is 25.4 Å². The quantitative estimate of drug-likeness (QED) is 0.493. The van der Waals surface area contributed by atoms with Crippen molar-refractivity contribution in [2.75, 3.05) is 10.6 Å². The molecule has 3 heterocycles. The summed E-state index contributed by atoms with van der Waals surface area (Å²) >= 11 is 0. The summed E-state index contributed by atoms with van der Waals surface area (Å²) in [7, 11) is 0. The van der Waals surface area contributed by atoms with Crippen LogP contribution in [0, 0.1) is 0 Å². The Hall–Kier alpha value is -4.26. The molecule has 162 valence electrons. The van der Waals surface area contributed by atoms with Crippen LogP contribution in [0.1, 0.15) is 30.9 Å². The van der Waals surface area contributed by atoms with Crippen LogP contribution in [0.3, 0.4) is 0 Å². The molecule has 2 aliphatic heterocycles. The zero-order valence-corrected chi connectivity index (χ0v) is 18.2. The Labute approximate surface area is 190 Å². The second kappa shape index (κ2) is 6.87. The van der Waals surface area contributed by atoms with E-state index in [1.165, 1.54) is 5.56 Å². The van der Waals surface area contributed by atoms with Crippen molar-refractivity contribution in [1.29, 1.82) is 0 Å². The Balaban J connectivity index is 1.64. The topological polar surface area (TPSA) is 88.9 Å². The van der Waals surface area contributed by atoms with E-state index in [0.29, 0.717) is 34.2 Å². The molecular formula is C26H21N5O2. The minimum atomic E-state index is -1.35. The van der Waals surface area contributed by atoms with Gasteiger partial charge in [0.25, 0.3) is 11.5 Å². The highest BCUT2D eigenvalue weighted by Gasteiger charge is 2.53. The number of carbonyl (C=O) groups is 1. The van der Waals surface area contributed by atoms with Crippen molar-refractivity contribution >= 4 is 17.3 Å². The Kier molecular flexibility index (Phi) is 4.04. The number of nitrogens with zero attached hydrogens (tertiary/aromatic N) is 3. The third-order valence-electron chi connectivity index (χ3n) is 6.36. The first-order valence-electron chi connectivity index (χ1n) is 10.9. The maximum atomic E-state index is 13.5. The number of rotatable bonds is 2. The van der Waals surface area contributed by atoms with E-state index in [9.17, 15) is 9.59 Å². The fourth-order valence-electron chi connectivity index (χ4n) is 4.61. The molecule has 0 bridgehead atoms. The zero-order valence-electron chi connectivity index (χ0n) is 18.2. The standard InChI is InChI=1S/C26H21N5O2/c1-15(2)16-11-13-17(14-12-16)22-24(32)28-23-18-7-3-5-9-20(18)29-26(31(23)30-22)19-8-4-6-10-21(19)27-25(26)33/h3-15,29H,1-2H3,(H,27,33).